The molecule has 0 unspecified atom stereocenters. The van der Waals surface area contributed by atoms with Crippen molar-refractivity contribution in [3.63, 3.8) is 0 Å². The molecule has 6 nitrogen and oxygen atoms in total. The van der Waals surface area contributed by atoms with E-state index in [1.165, 1.54) is 0 Å². The average molecular weight is 458 g/mol. The first-order valence-corrected chi connectivity index (χ1v) is 10.5. The number of ether oxygens (including phenoxy) is 1. The number of aromatic nitrogens is 1. The van der Waals surface area contributed by atoms with Crippen LogP contribution in [-0.2, 0) is 0 Å². The summed E-state index contributed by atoms with van der Waals surface area (Å²) in [5.74, 6) is -0.521. The molecule has 1 aromatic heterocycles. The van der Waals surface area contributed by atoms with Crippen molar-refractivity contribution < 1.29 is 14.3 Å². The molecule has 7 heteroatoms. The van der Waals surface area contributed by atoms with Crippen molar-refractivity contribution in [2.45, 2.75) is 6.92 Å². The van der Waals surface area contributed by atoms with Crippen LogP contribution in [0, 0.1) is 0 Å². The van der Waals surface area contributed by atoms with Gasteiger partial charge in [-0.25, -0.2) is 10.2 Å². The minimum atomic E-state index is -0.515. The van der Waals surface area contributed by atoms with E-state index in [1.807, 2.05) is 41.2 Å². The highest BCUT2D eigenvalue weighted by Crippen LogP contribution is 2.21. The lowest BCUT2D eigenvalue weighted by Crippen LogP contribution is -2.19. The van der Waals surface area contributed by atoms with Crippen molar-refractivity contribution >= 4 is 29.2 Å². The quantitative estimate of drug-likeness (QED) is 0.180. The maximum atomic E-state index is 12.5. The third kappa shape index (κ3) is 5.37. The van der Waals surface area contributed by atoms with Crippen molar-refractivity contribution in [2.24, 2.45) is 5.10 Å². The van der Waals surface area contributed by atoms with Gasteiger partial charge in [-0.15, -0.1) is 0 Å². The fourth-order valence-electron chi connectivity index (χ4n) is 3.15. The molecule has 1 amide bonds. The van der Waals surface area contributed by atoms with E-state index in [2.05, 4.69) is 10.5 Å². The summed E-state index contributed by atoms with van der Waals surface area (Å²) in [7, 11) is 0. The molecule has 1 heterocycles. The highest BCUT2D eigenvalue weighted by Gasteiger charge is 2.14. The zero-order valence-electron chi connectivity index (χ0n) is 17.7. The topological polar surface area (TPSA) is 72.7 Å². The predicted octanol–water partition coefficient (Wildman–Crippen LogP) is 5.50. The predicted molar refractivity (Wildman–Crippen MR) is 128 cm³/mol. The van der Waals surface area contributed by atoms with Crippen LogP contribution in [0.5, 0.6) is 5.75 Å². The van der Waals surface area contributed by atoms with E-state index in [0.717, 1.165) is 5.69 Å². The van der Waals surface area contributed by atoms with Crippen LogP contribution in [0.15, 0.2) is 102 Å². The van der Waals surface area contributed by atoms with Gasteiger partial charge in [0.1, 0.15) is 5.75 Å². The van der Waals surface area contributed by atoms with Gasteiger partial charge in [0, 0.05) is 34.2 Å². The number of nitrogens with one attached hydrogen (secondary N) is 1. The minimum absolute atomic E-state index is 0.337. The first kappa shape index (κ1) is 22.0. The number of hydrazone groups is 1. The lowest BCUT2D eigenvalue weighted by atomic mass is 10.1. The van der Waals surface area contributed by atoms with Gasteiger partial charge in [-0.1, -0.05) is 23.7 Å². The van der Waals surface area contributed by atoms with Gasteiger partial charge in [-0.05, 0) is 79.7 Å². The smallest absolute Gasteiger partial charge is 0.343 e. The summed E-state index contributed by atoms with van der Waals surface area (Å²) >= 11 is 5.88. The van der Waals surface area contributed by atoms with Gasteiger partial charge in [-0.2, -0.15) is 5.10 Å². The number of nitrogens with zero attached hydrogens (tertiary/aromatic N) is 2. The molecule has 0 fully saturated rings. The molecule has 0 saturated heterocycles. The molecule has 0 aliphatic heterocycles. The van der Waals surface area contributed by atoms with Crippen molar-refractivity contribution in [1.82, 2.24) is 9.99 Å². The Morgan fingerprint density at radius 3 is 2.18 bits per heavy atom. The summed E-state index contributed by atoms with van der Waals surface area (Å²) in [6.45, 7) is 1.73. The van der Waals surface area contributed by atoms with E-state index in [0.29, 0.717) is 33.2 Å². The number of esters is 1. The fraction of sp³-hybridized carbons (Fsp3) is 0.0385. The second kappa shape index (κ2) is 9.97. The number of carbonyl (C=O) groups excluding carboxylic acids is 2. The summed E-state index contributed by atoms with van der Waals surface area (Å²) in [4.78, 5) is 25.0. The number of benzene rings is 3. The van der Waals surface area contributed by atoms with Crippen LogP contribution in [0.25, 0.3) is 5.69 Å². The molecular weight excluding hydrogens is 438 g/mol. The van der Waals surface area contributed by atoms with Crippen LogP contribution in [0.2, 0.25) is 5.02 Å². The molecule has 0 atom stereocenters. The zero-order valence-corrected chi connectivity index (χ0v) is 18.5. The van der Waals surface area contributed by atoms with Crippen LogP contribution in [0.4, 0.5) is 0 Å². The number of hydrogen-bond acceptors (Lipinski definition) is 4. The number of para-hydroxylation sites is 1. The van der Waals surface area contributed by atoms with Gasteiger partial charge in [0.15, 0.2) is 0 Å². The Hall–Kier alpha value is -4.16. The number of carbonyl (C=O) groups is 2. The normalized spacial score (nSPS) is 11.2. The highest BCUT2D eigenvalue weighted by molar-refractivity contribution is 6.30. The molecule has 1 N–H and O–H groups in total. The van der Waals surface area contributed by atoms with Crippen molar-refractivity contribution in [1.29, 1.82) is 0 Å². The number of halogens is 1. The first-order chi connectivity index (χ1) is 16.0. The van der Waals surface area contributed by atoms with E-state index in [-0.39, 0.29) is 5.91 Å². The summed E-state index contributed by atoms with van der Waals surface area (Å²) in [6, 6.07) is 24.5. The third-order valence-electron chi connectivity index (χ3n) is 4.92. The molecule has 0 spiro atoms. The average Bonchev–Trinajstić information content (AvgIpc) is 3.38. The molecule has 3 aromatic carbocycles. The molecule has 4 rings (SSSR count). The standard InChI is InChI=1S/C26H20ClN3O3/c1-18(28-29-25(31)19-10-14-22(15-11-19)30-16-4-5-17-30)23-6-2-3-7-24(23)33-26(32)20-8-12-21(27)13-9-20/h2-17H,1H3,(H,29,31)/b28-18+. The van der Waals surface area contributed by atoms with E-state index in [9.17, 15) is 9.59 Å². The van der Waals surface area contributed by atoms with Gasteiger partial charge in [0.2, 0.25) is 0 Å². The number of amides is 1. The Balaban J connectivity index is 1.46. The monoisotopic (exact) mass is 457 g/mol. The Morgan fingerprint density at radius 2 is 1.48 bits per heavy atom. The number of rotatable bonds is 6. The largest absolute Gasteiger partial charge is 0.422 e. The molecule has 0 aliphatic carbocycles. The van der Waals surface area contributed by atoms with Gasteiger partial charge in [0.05, 0.1) is 11.3 Å². The van der Waals surface area contributed by atoms with Crippen molar-refractivity contribution in [2.75, 3.05) is 0 Å². The molecular formula is C26H20ClN3O3. The second-order valence-corrected chi connectivity index (χ2v) is 7.60. The van der Waals surface area contributed by atoms with E-state index in [4.69, 9.17) is 16.3 Å². The van der Waals surface area contributed by atoms with Crippen LogP contribution >= 0.6 is 11.6 Å². The molecule has 0 radical (unpaired) electrons. The maximum Gasteiger partial charge on any atom is 0.343 e. The molecule has 4 aromatic rings. The first-order valence-electron chi connectivity index (χ1n) is 10.2. The van der Waals surface area contributed by atoms with Gasteiger partial charge < -0.3 is 9.30 Å². The Kier molecular flexibility index (Phi) is 6.66. The van der Waals surface area contributed by atoms with E-state index >= 15 is 0 Å². The van der Waals surface area contributed by atoms with E-state index in [1.54, 1.807) is 67.6 Å². The molecule has 164 valence electrons. The van der Waals surface area contributed by atoms with Crippen molar-refractivity contribution in [3.8, 4) is 11.4 Å². The number of hydrogen-bond donors (Lipinski definition) is 1. The maximum absolute atomic E-state index is 12.5. The van der Waals surface area contributed by atoms with Crippen LogP contribution in [0.3, 0.4) is 0 Å². The Morgan fingerprint density at radius 1 is 0.848 bits per heavy atom. The summed E-state index contributed by atoms with van der Waals surface area (Å²) in [6.07, 6.45) is 3.86. The summed E-state index contributed by atoms with van der Waals surface area (Å²) in [5, 5.41) is 4.73. The second-order valence-electron chi connectivity index (χ2n) is 7.17. The van der Waals surface area contributed by atoms with E-state index < -0.39 is 5.97 Å². The molecule has 0 saturated carbocycles. The summed E-state index contributed by atoms with van der Waals surface area (Å²) in [5.41, 5.74) is 5.44. The highest BCUT2D eigenvalue weighted by atomic mass is 35.5. The van der Waals surface area contributed by atoms with Crippen molar-refractivity contribution in [3.05, 3.63) is 119 Å². The van der Waals surface area contributed by atoms with Gasteiger partial charge >= 0.3 is 5.97 Å². The SMILES string of the molecule is C/C(=N\NC(=O)c1ccc(-n2cccc2)cc1)c1ccccc1OC(=O)c1ccc(Cl)cc1. The third-order valence-corrected chi connectivity index (χ3v) is 5.17. The zero-order chi connectivity index (χ0) is 23.2. The molecule has 33 heavy (non-hydrogen) atoms. The Bertz CT molecular complexity index is 1300. The van der Waals surface area contributed by atoms with Crippen LogP contribution in [0.1, 0.15) is 33.2 Å². The Labute approximate surface area is 196 Å². The van der Waals surface area contributed by atoms with Gasteiger partial charge in [-0.3, -0.25) is 4.79 Å². The lowest BCUT2D eigenvalue weighted by Gasteiger charge is -2.10. The minimum Gasteiger partial charge on any atom is -0.422 e. The molecule has 0 aliphatic rings. The van der Waals surface area contributed by atoms with Crippen LogP contribution in [-0.4, -0.2) is 22.2 Å². The lowest BCUT2D eigenvalue weighted by molar-refractivity contribution is 0.0734. The fourth-order valence-corrected chi connectivity index (χ4v) is 3.28. The summed E-state index contributed by atoms with van der Waals surface area (Å²) < 4.78 is 7.51. The molecule has 0 bridgehead atoms. The van der Waals surface area contributed by atoms with Crippen LogP contribution < -0.4 is 10.2 Å². The van der Waals surface area contributed by atoms with Gasteiger partial charge in [0.25, 0.3) is 5.91 Å².